The van der Waals surface area contributed by atoms with Gasteiger partial charge in [-0.1, -0.05) is 0 Å². The first kappa shape index (κ1) is 6.97. The Kier molecular flexibility index (Phi) is 1.24. The van der Waals surface area contributed by atoms with Gasteiger partial charge >= 0.3 is 5.97 Å². The largest absolute Gasteiger partial charge is 0.477 e. The van der Waals surface area contributed by atoms with Crippen LogP contribution in [0, 0.1) is 0 Å². The van der Waals surface area contributed by atoms with E-state index in [1.165, 1.54) is 12.3 Å². The maximum atomic E-state index is 10.6. The lowest BCUT2D eigenvalue weighted by Crippen LogP contribution is -2.03. The van der Waals surface area contributed by atoms with E-state index in [0.29, 0.717) is 5.58 Å². The Labute approximate surface area is 68.0 Å². The van der Waals surface area contributed by atoms with Crippen LogP contribution >= 0.6 is 0 Å². The molecule has 0 aliphatic heterocycles. The number of hydrogen-bond acceptors (Lipinski definition) is 2. The summed E-state index contributed by atoms with van der Waals surface area (Å²) in [7, 11) is 1.70. The highest BCUT2D eigenvalue weighted by molar-refractivity contribution is 5.92. The smallest absolute Gasteiger partial charge is 0.352 e. The van der Waals surface area contributed by atoms with Crippen molar-refractivity contribution in [2.24, 2.45) is 7.05 Å². The fraction of sp³-hybridized carbons (Fsp3) is 0.125. The van der Waals surface area contributed by atoms with Crippen LogP contribution < -0.4 is 0 Å². The zero-order valence-corrected chi connectivity index (χ0v) is 6.44. The molecule has 4 nitrogen and oxygen atoms in total. The molecule has 0 fully saturated rings. The molecule has 2 aromatic rings. The number of fused-ring (bicyclic) bond motifs is 1. The van der Waals surface area contributed by atoms with Crippen LogP contribution in [0.2, 0.25) is 0 Å². The molecule has 0 saturated carbocycles. The molecule has 0 atom stereocenters. The summed E-state index contributed by atoms with van der Waals surface area (Å²) < 4.78 is 6.63. The molecule has 0 saturated heterocycles. The molecule has 12 heavy (non-hydrogen) atoms. The molecule has 0 radical (unpaired) electrons. The topological polar surface area (TPSA) is 55.4 Å². The van der Waals surface area contributed by atoms with Gasteiger partial charge in [-0.15, -0.1) is 0 Å². The predicted molar refractivity (Wildman–Crippen MR) is 42.1 cm³/mol. The minimum absolute atomic E-state index is 0.240. The van der Waals surface area contributed by atoms with E-state index in [1.807, 2.05) is 0 Å². The lowest BCUT2D eigenvalue weighted by molar-refractivity contribution is 0.0687. The first-order valence-electron chi connectivity index (χ1n) is 3.46. The number of nitrogens with zero attached hydrogens (tertiary/aromatic N) is 1. The summed E-state index contributed by atoms with van der Waals surface area (Å²) >= 11 is 0. The van der Waals surface area contributed by atoms with E-state index in [4.69, 9.17) is 9.52 Å². The van der Waals surface area contributed by atoms with Crippen molar-refractivity contribution in [1.82, 2.24) is 4.57 Å². The maximum absolute atomic E-state index is 10.6. The predicted octanol–water partition coefficient (Wildman–Crippen LogP) is 1.47. The van der Waals surface area contributed by atoms with E-state index < -0.39 is 5.97 Å². The Hall–Kier alpha value is -1.71. The second-order valence-corrected chi connectivity index (χ2v) is 2.56. The van der Waals surface area contributed by atoms with Gasteiger partial charge in [-0.25, -0.2) is 4.79 Å². The third-order valence-corrected chi connectivity index (χ3v) is 1.88. The Bertz CT molecular complexity index is 438. The molecule has 0 spiro atoms. The molecule has 2 aromatic heterocycles. The lowest BCUT2D eigenvalue weighted by Gasteiger charge is -1.95. The van der Waals surface area contributed by atoms with Crippen molar-refractivity contribution >= 4 is 17.1 Å². The first-order chi connectivity index (χ1) is 5.70. The molecular formula is C8H7NO3. The van der Waals surface area contributed by atoms with Gasteiger partial charge in [0, 0.05) is 19.2 Å². The fourth-order valence-electron chi connectivity index (χ4n) is 1.26. The third kappa shape index (κ3) is 0.747. The molecule has 0 amide bonds. The van der Waals surface area contributed by atoms with E-state index in [2.05, 4.69) is 0 Å². The summed E-state index contributed by atoms with van der Waals surface area (Å²) in [4.78, 5) is 10.6. The van der Waals surface area contributed by atoms with Gasteiger partial charge in [0.1, 0.15) is 5.69 Å². The maximum Gasteiger partial charge on any atom is 0.352 e. The standard InChI is InChI=1S/C8H7NO3/c1-9-5-2-3-12-7(5)4-6(9)8(10)11/h2-4H,1H3,(H,10,11). The van der Waals surface area contributed by atoms with Crippen LogP contribution in [-0.2, 0) is 7.05 Å². The third-order valence-electron chi connectivity index (χ3n) is 1.88. The fourth-order valence-corrected chi connectivity index (χ4v) is 1.26. The molecule has 2 rings (SSSR count). The van der Waals surface area contributed by atoms with E-state index in [-0.39, 0.29) is 5.69 Å². The minimum atomic E-state index is -0.941. The minimum Gasteiger partial charge on any atom is -0.477 e. The number of carboxylic acids is 1. The average Bonchev–Trinajstić information content (AvgIpc) is 2.53. The van der Waals surface area contributed by atoms with E-state index in [9.17, 15) is 4.79 Å². The highest BCUT2D eigenvalue weighted by atomic mass is 16.4. The van der Waals surface area contributed by atoms with Crippen LogP contribution in [0.25, 0.3) is 11.1 Å². The Morgan fingerprint density at radius 1 is 1.67 bits per heavy atom. The van der Waals surface area contributed by atoms with Crippen molar-refractivity contribution < 1.29 is 14.3 Å². The summed E-state index contributed by atoms with van der Waals surface area (Å²) in [5, 5.41) is 8.72. The second kappa shape index (κ2) is 2.14. The second-order valence-electron chi connectivity index (χ2n) is 2.56. The van der Waals surface area contributed by atoms with Gasteiger partial charge < -0.3 is 14.1 Å². The van der Waals surface area contributed by atoms with Crippen molar-refractivity contribution in [3.05, 3.63) is 24.1 Å². The van der Waals surface area contributed by atoms with Crippen molar-refractivity contribution in [3.63, 3.8) is 0 Å². The number of aryl methyl sites for hydroxylation is 1. The van der Waals surface area contributed by atoms with Crippen LogP contribution in [-0.4, -0.2) is 15.6 Å². The monoisotopic (exact) mass is 165 g/mol. The summed E-state index contributed by atoms with van der Waals surface area (Å²) in [5.74, 6) is -0.941. The van der Waals surface area contributed by atoms with Crippen LogP contribution in [0.1, 0.15) is 10.5 Å². The van der Waals surface area contributed by atoms with Gasteiger partial charge in [0.05, 0.1) is 11.8 Å². The van der Waals surface area contributed by atoms with Crippen LogP contribution in [0.15, 0.2) is 22.8 Å². The Morgan fingerprint density at radius 2 is 2.42 bits per heavy atom. The van der Waals surface area contributed by atoms with Gasteiger partial charge in [-0.2, -0.15) is 0 Å². The number of furan rings is 1. The molecule has 0 aliphatic carbocycles. The van der Waals surface area contributed by atoms with Gasteiger partial charge in [0.15, 0.2) is 5.58 Å². The normalized spacial score (nSPS) is 10.8. The lowest BCUT2D eigenvalue weighted by atomic mass is 10.4. The molecule has 4 heteroatoms. The first-order valence-corrected chi connectivity index (χ1v) is 3.46. The van der Waals surface area contributed by atoms with E-state index in [0.717, 1.165) is 5.52 Å². The van der Waals surface area contributed by atoms with Gasteiger partial charge in [0.2, 0.25) is 0 Å². The molecule has 1 N–H and O–H groups in total. The molecule has 0 bridgehead atoms. The number of carboxylic acid groups (broad SMARTS) is 1. The van der Waals surface area contributed by atoms with Crippen molar-refractivity contribution in [3.8, 4) is 0 Å². The SMILES string of the molecule is Cn1c(C(=O)O)cc2occc21. The molecule has 0 aliphatic rings. The zero-order chi connectivity index (χ0) is 8.72. The van der Waals surface area contributed by atoms with Gasteiger partial charge in [-0.3, -0.25) is 0 Å². The number of aromatic nitrogens is 1. The van der Waals surface area contributed by atoms with E-state index in [1.54, 1.807) is 17.7 Å². The van der Waals surface area contributed by atoms with Crippen LogP contribution in [0.5, 0.6) is 0 Å². The van der Waals surface area contributed by atoms with Gasteiger partial charge in [0.25, 0.3) is 0 Å². The van der Waals surface area contributed by atoms with Crippen molar-refractivity contribution in [1.29, 1.82) is 0 Å². The highest BCUT2D eigenvalue weighted by Crippen LogP contribution is 2.19. The molecule has 0 aromatic carbocycles. The van der Waals surface area contributed by atoms with Crippen molar-refractivity contribution in [2.75, 3.05) is 0 Å². The molecule has 62 valence electrons. The van der Waals surface area contributed by atoms with Crippen LogP contribution in [0.3, 0.4) is 0 Å². The van der Waals surface area contributed by atoms with Gasteiger partial charge in [-0.05, 0) is 0 Å². The van der Waals surface area contributed by atoms with Crippen molar-refractivity contribution in [2.45, 2.75) is 0 Å². The highest BCUT2D eigenvalue weighted by Gasteiger charge is 2.12. The number of rotatable bonds is 1. The van der Waals surface area contributed by atoms with Crippen LogP contribution in [0.4, 0.5) is 0 Å². The summed E-state index contributed by atoms with van der Waals surface area (Å²) in [5.41, 5.74) is 1.65. The number of carbonyl (C=O) groups is 1. The summed E-state index contributed by atoms with van der Waals surface area (Å²) in [6.45, 7) is 0. The summed E-state index contributed by atoms with van der Waals surface area (Å²) in [6, 6.07) is 3.25. The zero-order valence-electron chi connectivity index (χ0n) is 6.44. The van der Waals surface area contributed by atoms with E-state index >= 15 is 0 Å². The number of aromatic carboxylic acids is 1. The molecule has 0 unspecified atom stereocenters. The number of hydrogen-bond donors (Lipinski definition) is 1. The Balaban J connectivity index is 2.78. The molecule has 2 heterocycles. The average molecular weight is 165 g/mol. The quantitative estimate of drug-likeness (QED) is 0.696. The summed E-state index contributed by atoms with van der Waals surface area (Å²) in [6.07, 6.45) is 1.54. The molecular weight excluding hydrogens is 158 g/mol. The Morgan fingerprint density at radius 3 is 3.00 bits per heavy atom.